The molecule has 0 unspecified atom stereocenters. The summed E-state index contributed by atoms with van der Waals surface area (Å²) in [5.41, 5.74) is 6.47. The lowest BCUT2D eigenvalue weighted by atomic mass is 10.4. The van der Waals surface area contributed by atoms with Gasteiger partial charge in [-0.05, 0) is 40.2 Å². The van der Waals surface area contributed by atoms with Crippen molar-refractivity contribution in [2.75, 3.05) is 0 Å². The Bertz CT molecular complexity index is 488. The second kappa shape index (κ2) is 5.48. The summed E-state index contributed by atoms with van der Waals surface area (Å²) in [6.45, 7) is 0.477. The highest BCUT2D eigenvalue weighted by molar-refractivity contribution is 9.10. The van der Waals surface area contributed by atoms with Gasteiger partial charge in [-0.1, -0.05) is 30.0 Å². The van der Waals surface area contributed by atoms with Crippen LogP contribution < -0.4 is 5.73 Å². The van der Waals surface area contributed by atoms with Gasteiger partial charge in [0.15, 0.2) is 0 Å². The highest BCUT2D eigenvalue weighted by Gasteiger charge is 2.02. The van der Waals surface area contributed by atoms with Crippen LogP contribution in [0.25, 0.3) is 0 Å². The molecule has 82 valence electrons. The maximum absolute atomic E-state index is 5.56. The number of aromatic nitrogens is 1. The molecule has 16 heavy (non-hydrogen) atoms. The van der Waals surface area contributed by atoms with Crippen molar-refractivity contribution in [3.63, 3.8) is 0 Å². The molecule has 2 aromatic rings. The van der Waals surface area contributed by atoms with E-state index in [0.717, 1.165) is 20.1 Å². The van der Waals surface area contributed by atoms with E-state index in [1.165, 1.54) is 0 Å². The van der Waals surface area contributed by atoms with Crippen molar-refractivity contribution in [2.24, 2.45) is 5.73 Å². The third kappa shape index (κ3) is 2.84. The number of halogens is 1. The third-order valence-electron chi connectivity index (χ3n) is 2.04. The predicted molar refractivity (Wildman–Crippen MR) is 70.4 cm³/mol. The standard InChI is InChI=1S/C12H11BrN2S/c13-10-5-1-2-6-11(10)16-12-7-3-4-9(8-14)15-12/h1-7H,8,14H2. The largest absolute Gasteiger partial charge is 0.325 e. The fourth-order valence-corrected chi connectivity index (χ4v) is 2.64. The van der Waals surface area contributed by atoms with Gasteiger partial charge in [-0.15, -0.1) is 0 Å². The van der Waals surface area contributed by atoms with Crippen LogP contribution in [0.1, 0.15) is 5.69 Å². The Labute approximate surface area is 107 Å². The molecule has 0 spiro atoms. The van der Waals surface area contributed by atoms with Gasteiger partial charge in [0.05, 0.1) is 5.69 Å². The molecule has 0 bridgehead atoms. The van der Waals surface area contributed by atoms with Crippen molar-refractivity contribution in [1.82, 2.24) is 4.98 Å². The van der Waals surface area contributed by atoms with Gasteiger partial charge in [-0.25, -0.2) is 4.98 Å². The lowest BCUT2D eigenvalue weighted by molar-refractivity contribution is 0.941. The van der Waals surface area contributed by atoms with E-state index in [4.69, 9.17) is 5.73 Å². The molecule has 0 saturated carbocycles. The zero-order valence-electron chi connectivity index (χ0n) is 8.56. The topological polar surface area (TPSA) is 38.9 Å². The summed E-state index contributed by atoms with van der Waals surface area (Å²) in [7, 11) is 0. The Hall–Kier alpha value is -0.840. The highest BCUT2D eigenvalue weighted by Crippen LogP contribution is 2.31. The normalized spacial score (nSPS) is 10.4. The number of hydrogen-bond donors (Lipinski definition) is 1. The molecule has 0 aliphatic rings. The molecule has 0 aliphatic carbocycles. The molecular formula is C12H11BrN2S. The summed E-state index contributed by atoms with van der Waals surface area (Å²) in [5, 5.41) is 0.967. The van der Waals surface area contributed by atoms with Crippen LogP contribution in [-0.4, -0.2) is 4.98 Å². The first-order valence-corrected chi connectivity index (χ1v) is 6.49. The lowest BCUT2D eigenvalue weighted by Crippen LogP contribution is -1.99. The SMILES string of the molecule is NCc1cccc(Sc2ccccc2Br)n1. The Kier molecular flexibility index (Phi) is 3.98. The monoisotopic (exact) mass is 294 g/mol. The van der Waals surface area contributed by atoms with Gasteiger partial charge in [0.1, 0.15) is 5.03 Å². The Morgan fingerprint density at radius 3 is 2.69 bits per heavy atom. The van der Waals surface area contributed by atoms with Crippen molar-refractivity contribution in [1.29, 1.82) is 0 Å². The third-order valence-corrected chi connectivity index (χ3v) is 4.01. The minimum atomic E-state index is 0.477. The number of hydrogen-bond acceptors (Lipinski definition) is 3. The van der Waals surface area contributed by atoms with Crippen molar-refractivity contribution < 1.29 is 0 Å². The molecule has 0 amide bonds. The number of nitrogens with two attached hydrogens (primary N) is 1. The smallest absolute Gasteiger partial charge is 0.101 e. The van der Waals surface area contributed by atoms with E-state index in [0.29, 0.717) is 6.54 Å². The Morgan fingerprint density at radius 2 is 1.94 bits per heavy atom. The molecule has 1 aromatic heterocycles. The first kappa shape index (κ1) is 11.6. The molecule has 0 fully saturated rings. The average molecular weight is 295 g/mol. The van der Waals surface area contributed by atoms with Crippen LogP contribution in [-0.2, 0) is 6.54 Å². The van der Waals surface area contributed by atoms with E-state index in [2.05, 4.69) is 27.0 Å². The summed E-state index contributed by atoms with van der Waals surface area (Å²) in [6, 6.07) is 14.0. The van der Waals surface area contributed by atoms with Crippen LogP contribution in [0.15, 0.2) is 56.9 Å². The van der Waals surface area contributed by atoms with E-state index in [-0.39, 0.29) is 0 Å². The summed E-state index contributed by atoms with van der Waals surface area (Å²) in [4.78, 5) is 5.60. The lowest BCUT2D eigenvalue weighted by Gasteiger charge is -2.04. The van der Waals surface area contributed by atoms with Gasteiger partial charge in [0.2, 0.25) is 0 Å². The molecule has 2 rings (SSSR count). The molecule has 1 aromatic carbocycles. The fourth-order valence-electron chi connectivity index (χ4n) is 1.27. The molecule has 2 nitrogen and oxygen atoms in total. The van der Waals surface area contributed by atoms with Crippen LogP contribution in [0.3, 0.4) is 0 Å². The predicted octanol–water partition coefficient (Wildman–Crippen LogP) is 3.45. The first-order valence-electron chi connectivity index (χ1n) is 4.88. The average Bonchev–Trinajstić information content (AvgIpc) is 2.32. The molecule has 0 aliphatic heterocycles. The zero-order chi connectivity index (χ0) is 11.4. The minimum Gasteiger partial charge on any atom is -0.325 e. The van der Waals surface area contributed by atoms with E-state index in [1.54, 1.807) is 11.8 Å². The van der Waals surface area contributed by atoms with Crippen molar-refractivity contribution >= 4 is 27.7 Å². The quantitative estimate of drug-likeness (QED) is 0.942. The van der Waals surface area contributed by atoms with Crippen molar-refractivity contribution in [2.45, 2.75) is 16.5 Å². The van der Waals surface area contributed by atoms with E-state index in [9.17, 15) is 0 Å². The Balaban J connectivity index is 2.24. The van der Waals surface area contributed by atoms with Crippen LogP contribution in [0.4, 0.5) is 0 Å². The van der Waals surface area contributed by atoms with E-state index in [1.807, 2.05) is 36.4 Å². The van der Waals surface area contributed by atoms with Crippen LogP contribution in [0.2, 0.25) is 0 Å². The molecule has 0 atom stereocenters. The molecule has 0 radical (unpaired) electrons. The van der Waals surface area contributed by atoms with Crippen LogP contribution in [0.5, 0.6) is 0 Å². The van der Waals surface area contributed by atoms with Crippen molar-refractivity contribution in [3.05, 3.63) is 52.6 Å². The van der Waals surface area contributed by atoms with Gasteiger partial charge < -0.3 is 5.73 Å². The number of rotatable bonds is 3. The molecule has 2 N–H and O–H groups in total. The summed E-state index contributed by atoms with van der Waals surface area (Å²) in [5.74, 6) is 0. The van der Waals surface area contributed by atoms with Crippen LogP contribution in [0, 0.1) is 0 Å². The summed E-state index contributed by atoms with van der Waals surface area (Å²) in [6.07, 6.45) is 0. The fraction of sp³-hybridized carbons (Fsp3) is 0.0833. The van der Waals surface area contributed by atoms with Crippen molar-refractivity contribution in [3.8, 4) is 0 Å². The summed E-state index contributed by atoms with van der Waals surface area (Å²) >= 11 is 5.15. The van der Waals surface area contributed by atoms with Gasteiger partial charge in [0.25, 0.3) is 0 Å². The molecular weight excluding hydrogens is 284 g/mol. The maximum atomic E-state index is 5.56. The maximum Gasteiger partial charge on any atom is 0.101 e. The summed E-state index contributed by atoms with van der Waals surface area (Å²) < 4.78 is 1.08. The van der Waals surface area contributed by atoms with E-state index >= 15 is 0 Å². The number of pyridine rings is 1. The first-order chi connectivity index (χ1) is 7.79. The van der Waals surface area contributed by atoms with Gasteiger partial charge in [-0.3, -0.25) is 0 Å². The molecule has 1 heterocycles. The molecule has 0 saturated heterocycles. The second-order valence-corrected chi connectivity index (χ2v) is 5.12. The minimum absolute atomic E-state index is 0.477. The Morgan fingerprint density at radius 1 is 1.12 bits per heavy atom. The van der Waals surface area contributed by atoms with Gasteiger partial charge in [-0.2, -0.15) is 0 Å². The number of nitrogens with zero attached hydrogens (tertiary/aromatic N) is 1. The number of benzene rings is 1. The van der Waals surface area contributed by atoms with Gasteiger partial charge in [0, 0.05) is 15.9 Å². The van der Waals surface area contributed by atoms with Gasteiger partial charge >= 0.3 is 0 Å². The molecule has 4 heteroatoms. The zero-order valence-corrected chi connectivity index (χ0v) is 11.0. The highest BCUT2D eigenvalue weighted by atomic mass is 79.9. The van der Waals surface area contributed by atoms with Crippen LogP contribution >= 0.6 is 27.7 Å². The van der Waals surface area contributed by atoms with E-state index < -0.39 is 0 Å². The second-order valence-electron chi connectivity index (χ2n) is 3.20.